The highest BCUT2D eigenvalue weighted by Crippen LogP contribution is 2.28. The van der Waals surface area contributed by atoms with E-state index in [0.717, 1.165) is 25.7 Å². The Morgan fingerprint density at radius 3 is 2.68 bits per heavy atom. The molecule has 1 heterocycles. The van der Waals surface area contributed by atoms with Gasteiger partial charge in [-0.25, -0.2) is 13.4 Å². The highest BCUT2D eigenvalue weighted by atomic mass is 35.5. The molecule has 0 aliphatic heterocycles. The van der Waals surface area contributed by atoms with E-state index in [1.54, 1.807) is 17.1 Å². The first-order valence-corrected chi connectivity index (χ1v) is 8.66. The summed E-state index contributed by atoms with van der Waals surface area (Å²) in [4.78, 5) is 4.02. The van der Waals surface area contributed by atoms with Crippen molar-refractivity contribution in [1.82, 2.24) is 13.9 Å². The lowest BCUT2D eigenvalue weighted by Crippen LogP contribution is -2.40. The molecule has 0 N–H and O–H groups in total. The quantitative estimate of drug-likeness (QED) is 0.756. The zero-order valence-corrected chi connectivity index (χ0v) is 12.7. The molecule has 0 atom stereocenters. The van der Waals surface area contributed by atoms with E-state index in [-0.39, 0.29) is 11.1 Å². The van der Waals surface area contributed by atoms with Crippen LogP contribution < -0.4 is 0 Å². The zero-order chi connectivity index (χ0) is 13.9. The van der Waals surface area contributed by atoms with E-state index >= 15 is 0 Å². The smallest absolute Gasteiger partial charge is 0.262 e. The minimum absolute atomic E-state index is 0.0792. The van der Waals surface area contributed by atoms with Gasteiger partial charge in [0.2, 0.25) is 0 Å². The van der Waals surface area contributed by atoms with Gasteiger partial charge in [0.1, 0.15) is 0 Å². The van der Waals surface area contributed by atoms with Crippen molar-refractivity contribution in [2.24, 2.45) is 0 Å². The van der Waals surface area contributed by atoms with Crippen LogP contribution in [0, 0.1) is 0 Å². The average Bonchev–Trinajstić information content (AvgIpc) is 3.06. The molecule has 0 radical (unpaired) electrons. The predicted octanol–water partition coefficient (Wildman–Crippen LogP) is 2.08. The van der Waals surface area contributed by atoms with Crippen LogP contribution >= 0.6 is 11.6 Å². The van der Waals surface area contributed by atoms with Gasteiger partial charge in [-0.2, -0.15) is 4.31 Å². The normalized spacial score (nSPS) is 17.4. The molecule has 1 fully saturated rings. The minimum atomic E-state index is -3.52. The van der Waals surface area contributed by atoms with Gasteiger partial charge >= 0.3 is 0 Å². The van der Waals surface area contributed by atoms with E-state index in [1.165, 1.54) is 4.31 Å². The average molecular weight is 306 g/mol. The van der Waals surface area contributed by atoms with Crippen LogP contribution in [0.25, 0.3) is 0 Å². The number of aromatic nitrogens is 2. The molecule has 108 valence electrons. The van der Waals surface area contributed by atoms with E-state index in [4.69, 9.17) is 11.6 Å². The molecule has 1 aromatic rings. The van der Waals surface area contributed by atoms with E-state index in [0.29, 0.717) is 19.0 Å². The molecule has 0 amide bonds. The monoisotopic (exact) mass is 305 g/mol. The minimum Gasteiger partial charge on any atom is -0.336 e. The molecule has 7 heteroatoms. The highest BCUT2D eigenvalue weighted by molar-refractivity contribution is 7.89. The Labute approximate surface area is 119 Å². The summed E-state index contributed by atoms with van der Waals surface area (Å²) in [6, 6.07) is 0.0792. The van der Waals surface area contributed by atoms with E-state index < -0.39 is 10.0 Å². The van der Waals surface area contributed by atoms with Crippen LogP contribution in [-0.4, -0.2) is 40.7 Å². The molecule has 1 aromatic heterocycles. The molecule has 1 saturated carbocycles. The first-order valence-electron chi connectivity index (χ1n) is 6.69. The molecule has 0 aromatic carbocycles. The summed E-state index contributed by atoms with van der Waals surface area (Å²) in [6.07, 6.45) is 7.16. The fourth-order valence-corrected chi connectivity index (χ4v) is 4.45. The van der Waals surface area contributed by atoms with Gasteiger partial charge < -0.3 is 4.57 Å². The second-order valence-electron chi connectivity index (χ2n) is 4.79. The topological polar surface area (TPSA) is 55.2 Å². The molecular weight excluding hydrogens is 286 g/mol. The first kappa shape index (κ1) is 14.8. The van der Waals surface area contributed by atoms with Crippen molar-refractivity contribution in [3.05, 3.63) is 12.5 Å². The molecule has 1 aliphatic carbocycles. The molecular formula is C12H20ClN3O2S. The van der Waals surface area contributed by atoms with Crippen molar-refractivity contribution >= 4 is 21.6 Å². The third-order valence-electron chi connectivity index (χ3n) is 3.58. The Balaban J connectivity index is 2.27. The molecule has 2 rings (SSSR count). The summed E-state index contributed by atoms with van der Waals surface area (Å²) in [7, 11) is -3.52. The Morgan fingerprint density at radius 1 is 1.47 bits per heavy atom. The molecule has 5 nitrogen and oxygen atoms in total. The van der Waals surface area contributed by atoms with Crippen LogP contribution in [-0.2, 0) is 16.6 Å². The van der Waals surface area contributed by atoms with Crippen molar-refractivity contribution in [2.75, 3.05) is 12.4 Å². The van der Waals surface area contributed by atoms with Crippen molar-refractivity contribution in [3.8, 4) is 0 Å². The lowest BCUT2D eigenvalue weighted by molar-refractivity contribution is 0.336. The second kappa shape index (κ2) is 6.24. The SMILES string of the molecule is CCn1cnc(S(=O)(=O)N(CCCl)C2CCCC2)c1. The van der Waals surface area contributed by atoms with E-state index in [2.05, 4.69) is 4.98 Å². The molecule has 19 heavy (non-hydrogen) atoms. The number of hydrogen-bond acceptors (Lipinski definition) is 3. The summed E-state index contributed by atoms with van der Waals surface area (Å²) in [6.45, 7) is 3.01. The zero-order valence-electron chi connectivity index (χ0n) is 11.1. The number of aryl methyl sites for hydroxylation is 1. The van der Waals surface area contributed by atoms with Gasteiger partial charge in [-0.15, -0.1) is 11.6 Å². The number of halogens is 1. The number of alkyl halides is 1. The third kappa shape index (κ3) is 3.12. The Kier molecular flexibility index (Phi) is 4.86. The van der Waals surface area contributed by atoms with Crippen molar-refractivity contribution < 1.29 is 8.42 Å². The molecule has 0 bridgehead atoms. The number of sulfonamides is 1. The molecule has 0 unspecified atom stereocenters. The summed E-state index contributed by atoms with van der Waals surface area (Å²) in [5.41, 5.74) is 0. The van der Waals surface area contributed by atoms with Crippen molar-refractivity contribution in [1.29, 1.82) is 0 Å². The molecule has 0 saturated heterocycles. The van der Waals surface area contributed by atoms with Crippen LogP contribution in [0.1, 0.15) is 32.6 Å². The van der Waals surface area contributed by atoms with Gasteiger partial charge in [0, 0.05) is 31.2 Å². The number of rotatable bonds is 6. The Hall–Kier alpha value is -0.590. The van der Waals surface area contributed by atoms with Gasteiger partial charge in [0.25, 0.3) is 10.0 Å². The fourth-order valence-electron chi connectivity index (χ4n) is 2.54. The highest BCUT2D eigenvalue weighted by Gasteiger charge is 2.34. The molecule has 0 spiro atoms. The first-order chi connectivity index (χ1) is 9.09. The van der Waals surface area contributed by atoms with E-state index in [9.17, 15) is 8.42 Å². The van der Waals surface area contributed by atoms with Crippen LogP contribution in [0.3, 0.4) is 0 Å². The van der Waals surface area contributed by atoms with Gasteiger partial charge in [0.15, 0.2) is 5.03 Å². The fraction of sp³-hybridized carbons (Fsp3) is 0.750. The van der Waals surface area contributed by atoms with Crippen LogP contribution in [0.4, 0.5) is 0 Å². The number of imidazole rings is 1. The maximum atomic E-state index is 12.6. The lowest BCUT2D eigenvalue weighted by atomic mass is 10.2. The third-order valence-corrected chi connectivity index (χ3v) is 5.59. The lowest BCUT2D eigenvalue weighted by Gasteiger charge is -2.26. The van der Waals surface area contributed by atoms with Crippen molar-refractivity contribution in [2.45, 2.75) is 50.2 Å². The maximum Gasteiger partial charge on any atom is 0.262 e. The maximum absolute atomic E-state index is 12.6. The summed E-state index contributed by atoms with van der Waals surface area (Å²) < 4.78 is 28.6. The molecule has 1 aliphatic rings. The van der Waals surface area contributed by atoms with Gasteiger partial charge in [0.05, 0.1) is 6.33 Å². The predicted molar refractivity (Wildman–Crippen MR) is 74.8 cm³/mol. The number of nitrogens with zero attached hydrogens (tertiary/aromatic N) is 3. The van der Waals surface area contributed by atoms with Crippen molar-refractivity contribution in [3.63, 3.8) is 0 Å². The summed E-state index contributed by atoms with van der Waals surface area (Å²) in [5.74, 6) is 0.310. The number of hydrogen-bond donors (Lipinski definition) is 0. The summed E-state index contributed by atoms with van der Waals surface area (Å²) >= 11 is 5.77. The largest absolute Gasteiger partial charge is 0.336 e. The standard InChI is InChI=1S/C12H20ClN3O2S/c1-2-15-9-12(14-10-15)19(17,18)16(8-7-13)11-5-3-4-6-11/h9-11H,2-8H2,1H3. The second-order valence-corrected chi connectivity index (χ2v) is 7.00. The summed E-state index contributed by atoms with van der Waals surface area (Å²) in [5, 5.41) is 0.131. The van der Waals surface area contributed by atoms with Gasteiger partial charge in [-0.3, -0.25) is 0 Å². The van der Waals surface area contributed by atoms with Crippen LogP contribution in [0.2, 0.25) is 0 Å². The van der Waals surface area contributed by atoms with Gasteiger partial charge in [-0.05, 0) is 19.8 Å². The van der Waals surface area contributed by atoms with E-state index in [1.807, 2.05) is 6.92 Å². The van der Waals surface area contributed by atoms with Crippen LogP contribution in [0.15, 0.2) is 17.6 Å². The Bertz CT molecular complexity index is 509. The van der Waals surface area contributed by atoms with Crippen LogP contribution in [0.5, 0.6) is 0 Å². The van der Waals surface area contributed by atoms with Gasteiger partial charge in [-0.1, -0.05) is 12.8 Å². The Morgan fingerprint density at radius 2 is 2.16 bits per heavy atom.